The molecule has 2 saturated heterocycles. The van der Waals surface area contributed by atoms with Crippen molar-refractivity contribution in [2.45, 2.75) is 56.4 Å². The summed E-state index contributed by atoms with van der Waals surface area (Å²) >= 11 is 0. The summed E-state index contributed by atoms with van der Waals surface area (Å²) < 4.78 is 33.4. The van der Waals surface area contributed by atoms with Crippen molar-refractivity contribution in [2.24, 2.45) is 0 Å². The molecule has 1 amide bonds. The minimum atomic E-state index is -3.67. The van der Waals surface area contributed by atoms with E-state index >= 15 is 0 Å². The van der Waals surface area contributed by atoms with Gasteiger partial charge in [0.1, 0.15) is 16.3 Å². The molecule has 2 fully saturated rings. The second-order valence-corrected chi connectivity index (χ2v) is 10.2. The summed E-state index contributed by atoms with van der Waals surface area (Å²) in [5.41, 5.74) is 1.57. The van der Waals surface area contributed by atoms with Crippen LogP contribution in [0.3, 0.4) is 0 Å². The molecule has 8 nitrogen and oxygen atoms in total. The fourth-order valence-electron chi connectivity index (χ4n) is 4.42. The van der Waals surface area contributed by atoms with Gasteiger partial charge in [0.05, 0.1) is 12.8 Å². The Morgan fingerprint density at radius 3 is 2.55 bits per heavy atom. The van der Waals surface area contributed by atoms with Gasteiger partial charge in [-0.3, -0.25) is 9.89 Å². The molecule has 0 saturated carbocycles. The normalized spacial score (nSPS) is 20.6. The Morgan fingerprint density at radius 2 is 1.84 bits per heavy atom. The van der Waals surface area contributed by atoms with Gasteiger partial charge in [0, 0.05) is 31.2 Å². The first-order valence-electron chi connectivity index (χ1n) is 11.0. The van der Waals surface area contributed by atoms with Crippen molar-refractivity contribution in [3.63, 3.8) is 0 Å². The van der Waals surface area contributed by atoms with Gasteiger partial charge in [0.2, 0.25) is 10.0 Å². The highest BCUT2D eigenvalue weighted by Crippen LogP contribution is 2.33. The quantitative estimate of drug-likeness (QED) is 0.760. The number of rotatable bonds is 5. The van der Waals surface area contributed by atoms with Crippen molar-refractivity contribution in [1.29, 1.82) is 0 Å². The van der Waals surface area contributed by atoms with Crippen molar-refractivity contribution >= 4 is 15.9 Å². The molecule has 4 rings (SSSR count). The van der Waals surface area contributed by atoms with E-state index in [2.05, 4.69) is 17.1 Å². The number of ether oxygens (including phenoxy) is 1. The lowest BCUT2D eigenvalue weighted by Crippen LogP contribution is -2.42. The van der Waals surface area contributed by atoms with Gasteiger partial charge in [-0.25, -0.2) is 8.42 Å². The van der Waals surface area contributed by atoms with Crippen LogP contribution in [-0.2, 0) is 10.0 Å². The van der Waals surface area contributed by atoms with E-state index in [0.717, 1.165) is 45.1 Å². The third kappa shape index (κ3) is 4.34. The van der Waals surface area contributed by atoms with Crippen LogP contribution in [0.1, 0.15) is 55.9 Å². The number of aromatic amines is 1. The van der Waals surface area contributed by atoms with Crippen molar-refractivity contribution in [1.82, 2.24) is 19.4 Å². The molecule has 0 bridgehead atoms. The maximum Gasteiger partial charge on any atom is 0.272 e. The molecule has 0 radical (unpaired) electrons. The molecule has 9 heteroatoms. The number of carbonyl (C=O) groups is 1. The van der Waals surface area contributed by atoms with Crippen molar-refractivity contribution in [3.05, 3.63) is 30.0 Å². The molecule has 2 aromatic rings. The average Bonchev–Trinajstić information content (AvgIpc) is 3.29. The zero-order valence-corrected chi connectivity index (χ0v) is 19.0. The minimum Gasteiger partial charge on any atom is -0.495 e. The molecule has 0 spiro atoms. The first-order chi connectivity index (χ1) is 14.9. The summed E-state index contributed by atoms with van der Waals surface area (Å²) in [5, 5.41) is 7.14. The Bertz CT molecular complexity index is 1040. The largest absolute Gasteiger partial charge is 0.495 e. The van der Waals surface area contributed by atoms with E-state index < -0.39 is 10.0 Å². The molecule has 0 unspecified atom stereocenters. The number of benzene rings is 1. The van der Waals surface area contributed by atoms with Gasteiger partial charge in [-0.2, -0.15) is 9.40 Å². The van der Waals surface area contributed by atoms with Crippen LogP contribution in [0.5, 0.6) is 5.75 Å². The molecule has 0 aliphatic carbocycles. The van der Waals surface area contributed by atoms with Crippen LogP contribution >= 0.6 is 0 Å². The zero-order valence-electron chi connectivity index (χ0n) is 18.1. The third-order valence-electron chi connectivity index (χ3n) is 6.26. The number of aromatic nitrogens is 2. The lowest BCUT2D eigenvalue weighted by atomic mass is 10.0. The highest BCUT2D eigenvalue weighted by molar-refractivity contribution is 7.89. The Kier molecular flexibility index (Phi) is 6.34. The Hall–Kier alpha value is -2.39. The Balaban J connectivity index is 1.64. The van der Waals surface area contributed by atoms with Crippen LogP contribution in [-0.4, -0.2) is 66.5 Å². The number of likely N-dealkylation sites (tertiary alicyclic amines) is 1. The molecule has 168 valence electrons. The van der Waals surface area contributed by atoms with Crippen molar-refractivity contribution < 1.29 is 17.9 Å². The number of nitrogens with zero attached hydrogens (tertiary/aromatic N) is 3. The SMILES string of the molecule is COc1ccc(-c2cc(C(=O)N3CCCC[C@H]3C)[nH]n2)cc1S(=O)(=O)N1CCCCC1. The monoisotopic (exact) mass is 446 g/mol. The van der Waals surface area contributed by atoms with Gasteiger partial charge in [-0.1, -0.05) is 6.42 Å². The first-order valence-corrected chi connectivity index (χ1v) is 12.4. The lowest BCUT2D eigenvalue weighted by molar-refractivity contribution is 0.0629. The molecular weight excluding hydrogens is 416 g/mol. The van der Waals surface area contributed by atoms with E-state index in [1.54, 1.807) is 24.3 Å². The van der Waals surface area contributed by atoms with E-state index in [0.29, 0.717) is 35.8 Å². The molecule has 1 aromatic heterocycles. The molecule has 2 aliphatic heterocycles. The van der Waals surface area contributed by atoms with E-state index in [-0.39, 0.29) is 16.8 Å². The van der Waals surface area contributed by atoms with Crippen LogP contribution in [0.4, 0.5) is 0 Å². The highest BCUT2D eigenvalue weighted by Gasteiger charge is 2.30. The van der Waals surface area contributed by atoms with E-state index in [9.17, 15) is 13.2 Å². The number of amides is 1. The number of hydrogen-bond acceptors (Lipinski definition) is 5. The number of nitrogens with one attached hydrogen (secondary N) is 1. The van der Waals surface area contributed by atoms with Gasteiger partial charge >= 0.3 is 0 Å². The van der Waals surface area contributed by atoms with Gasteiger partial charge in [0.15, 0.2) is 0 Å². The summed E-state index contributed by atoms with van der Waals surface area (Å²) in [5.74, 6) is 0.240. The fraction of sp³-hybridized carbons (Fsp3) is 0.545. The Labute approximate surface area is 183 Å². The predicted octanol–water partition coefficient (Wildman–Crippen LogP) is 3.27. The molecule has 3 heterocycles. The standard InChI is InChI=1S/C22H30N4O4S/c1-16-8-4-7-13-26(16)22(27)19-15-18(23-24-19)17-9-10-20(30-2)21(14-17)31(28,29)25-11-5-3-6-12-25/h9-10,14-16H,3-8,11-13H2,1-2H3,(H,23,24)/t16-/m1/s1. The van der Waals surface area contributed by atoms with Crippen LogP contribution < -0.4 is 4.74 Å². The number of carbonyl (C=O) groups excluding carboxylic acids is 1. The zero-order chi connectivity index (χ0) is 22.0. The van der Waals surface area contributed by atoms with Gasteiger partial charge in [-0.05, 0) is 63.3 Å². The summed E-state index contributed by atoms with van der Waals surface area (Å²) in [6.45, 7) is 3.85. The lowest BCUT2D eigenvalue weighted by Gasteiger charge is -2.32. The minimum absolute atomic E-state index is 0.0689. The molecular formula is C22H30N4O4S. The van der Waals surface area contributed by atoms with E-state index in [4.69, 9.17) is 4.74 Å². The van der Waals surface area contributed by atoms with Crippen molar-refractivity contribution in [3.8, 4) is 17.0 Å². The second-order valence-electron chi connectivity index (χ2n) is 8.34. The fourth-order valence-corrected chi connectivity index (χ4v) is 6.11. The molecule has 1 N–H and O–H groups in total. The second kappa shape index (κ2) is 9.00. The number of H-pyrrole nitrogens is 1. The molecule has 31 heavy (non-hydrogen) atoms. The maximum absolute atomic E-state index is 13.3. The van der Waals surface area contributed by atoms with Crippen LogP contribution in [0.2, 0.25) is 0 Å². The highest BCUT2D eigenvalue weighted by atomic mass is 32.2. The first kappa shape index (κ1) is 21.8. The average molecular weight is 447 g/mol. The topological polar surface area (TPSA) is 95.6 Å². The van der Waals surface area contributed by atoms with Crippen LogP contribution in [0.15, 0.2) is 29.2 Å². The number of sulfonamides is 1. The van der Waals surface area contributed by atoms with Crippen molar-refractivity contribution in [2.75, 3.05) is 26.7 Å². The summed E-state index contributed by atoms with van der Waals surface area (Å²) in [6, 6.07) is 6.91. The van der Waals surface area contributed by atoms with Crippen LogP contribution in [0, 0.1) is 0 Å². The third-order valence-corrected chi connectivity index (χ3v) is 8.18. The Morgan fingerprint density at radius 1 is 1.10 bits per heavy atom. The van der Waals surface area contributed by atoms with E-state index in [1.165, 1.54) is 11.4 Å². The summed E-state index contributed by atoms with van der Waals surface area (Å²) in [4.78, 5) is 14.9. The number of methoxy groups -OCH3 is 1. The molecule has 1 aromatic carbocycles. The smallest absolute Gasteiger partial charge is 0.272 e. The van der Waals surface area contributed by atoms with Gasteiger partial charge in [-0.15, -0.1) is 0 Å². The summed E-state index contributed by atoms with van der Waals surface area (Å²) in [6.07, 6.45) is 5.92. The van der Waals surface area contributed by atoms with Gasteiger partial charge in [0.25, 0.3) is 5.91 Å². The number of piperidine rings is 2. The van der Waals surface area contributed by atoms with Gasteiger partial charge < -0.3 is 9.64 Å². The maximum atomic E-state index is 13.3. The van der Waals surface area contributed by atoms with E-state index in [1.807, 2.05) is 4.90 Å². The number of hydrogen-bond donors (Lipinski definition) is 1. The molecule has 2 aliphatic rings. The predicted molar refractivity (Wildman–Crippen MR) is 118 cm³/mol. The van der Waals surface area contributed by atoms with Crippen LogP contribution in [0.25, 0.3) is 11.3 Å². The molecule has 1 atom stereocenters. The summed E-state index contributed by atoms with van der Waals surface area (Å²) in [7, 11) is -2.21.